The van der Waals surface area contributed by atoms with Crippen molar-refractivity contribution in [3.05, 3.63) is 12.2 Å². The number of hydrogen-bond donors (Lipinski definition) is 2. The topological polar surface area (TPSA) is 38.0 Å². The molecule has 2 nitrogen and oxygen atoms in total. The van der Waals surface area contributed by atoms with Gasteiger partial charge in [-0.15, -0.1) is 0 Å². The summed E-state index contributed by atoms with van der Waals surface area (Å²) in [6.45, 7) is 2.97. The first kappa shape index (κ1) is 12.1. The molecule has 0 bridgehead atoms. The van der Waals surface area contributed by atoms with Gasteiger partial charge in [0.15, 0.2) is 0 Å². The van der Waals surface area contributed by atoms with Crippen LogP contribution in [-0.2, 0) is 0 Å². The smallest absolute Gasteiger partial charge is 0.0200 e. The van der Waals surface area contributed by atoms with Crippen molar-refractivity contribution in [1.29, 1.82) is 0 Å². The summed E-state index contributed by atoms with van der Waals surface area (Å²) in [7, 11) is 0. The Morgan fingerprint density at radius 1 is 1.50 bits per heavy atom. The van der Waals surface area contributed by atoms with Gasteiger partial charge in [-0.05, 0) is 30.8 Å². The number of thioether (sulfide) groups is 1. The summed E-state index contributed by atoms with van der Waals surface area (Å²) in [5.41, 5.74) is 5.74. The van der Waals surface area contributed by atoms with Gasteiger partial charge in [-0.1, -0.05) is 19.1 Å². The van der Waals surface area contributed by atoms with E-state index >= 15 is 0 Å². The summed E-state index contributed by atoms with van der Waals surface area (Å²) in [5, 5.41) is 3.62. The second kappa shape index (κ2) is 7.32. The molecule has 1 aliphatic carbocycles. The summed E-state index contributed by atoms with van der Waals surface area (Å²) >= 11 is 2.00. The average Bonchev–Trinajstić information content (AvgIpc) is 2.69. The molecule has 0 saturated heterocycles. The molecule has 82 valence electrons. The van der Waals surface area contributed by atoms with Crippen LogP contribution in [0.5, 0.6) is 0 Å². The van der Waals surface area contributed by atoms with Crippen LogP contribution in [0.1, 0.15) is 26.2 Å². The Labute approximate surface area is 91.7 Å². The zero-order chi connectivity index (χ0) is 10.2. The molecule has 0 amide bonds. The highest BCUT2D eigenvalue weighted by atomic mass is 32.2. The second-order valence-corrected chi connectivity index (χ2v) is 5.12. The van der Waals surface area contributed by atoms with Gasteiger partial charge >= 0.3 is 0 Å². The predicted molar refractivity (Wildman–Crippen MR) is 65.8 cm³/mol. The molecule has 0 aromatic carbocycles. The summed E-state index contributed by atoms with van der Waals surface area (Å²) < 4.78 is 0. The van der Waals surface area contributed by atoms with Gasteiger partial charge in [0.25, 0.3) is 0 Å². The molecule has 1 atom stereocenters. The fraction of sp³-hybridized carbons (Fsp3) is 0.818. The maximum Gasteiger partial charge on any atom is 0.0200 e. The third-order valence-electron chi connectivity index (χ3n) is 2.58. The van der Waals surface area contributed by atoms with Crippen molar-refractivity contribution in [3.8, 4) is 0 Å². The van der Waals surface area contributed by atoms with Crippen LogP contribution in [0.2, 0.25) is 0 Å². The Kier molecular flexibility index (Phi) is 6.32. The maximum atomic E-state index is 5.74. The van der Waals surface area contributed by atoms with Crippen LogP contribution in [0.15, 0.2) is 12.2 Å². The molecule has 0 heterocycles. The van der Waals surface area contributed by atoms with E-state index in [0.717, 1.165) is 6.54 Å². The van der Waals surface area contributed by atoms with Gasteiger partial charge in [-0.2, -0.15) is 11.8 Å². The zero-order valence-electron chi connectivity index (χ0n) is 9.04. The zero-order valence-corrected chi connectivity index (χ0v) is 9.85. The molecule has 14 heavy (non-hydrogen) atoms. The second-order valence-electron chi connectivity index (χ2n) is 3.72. The third-order valence-corrected chi connectivity index (χ3v) is 3.51. The van der Waals surface area contributed by atoms with Crippen LogP contribution in [0, 0.1) is 0 Å². The van der Waals surface area contributed by atoms with Crippen LogP contribution in [0.25, 0.3) is 0 Å². The van der Waals surface area contributed by atoms with Crippen LogP contribution in [-0.4, -0.2) is 30.1 Å². The van der Waals surface area contributed by atoms with Gasteiger partial charge in [-0.3, -0.25) is 0 Å². The first-order valence-electron chi connectivity index (χ1n) is 5.55. The highest BCUT2D eigenvalue weighted by Gasteiger charge is 2.14. The Hall–Kier alpha value is 0.0100. The van der Waals surface area contributed by atoms with Crippen molar-refractivity contribution < 1.29 is 0 Å². The van der Waals surface area contributed by atoms with E-state index in [2.05, 4.69) is 24.4 Å². The number of hydrogen-bond acceptors (Lipinski definition) is 3. The molecule has 1 rings (SSSR count). The maximum absolute atomic E-state index is 5.74. The number of rotatable bonds is 7. The van der Waals surface area contributed by atoms with Gasteiger partial charge in [-0.25, -0.2) is 0 Å². The molecule has 0 aliphatic heterocycles. The molecule has 3 heteroatoms. The van der Waals surface area contributed by atoms with Gasteiger partial charge < -0.3 is 11.1 Å². The van der Waals surface area contributed by atoms with Crippen molar-refractivity contribution in [3.63, 3.8) is 0 Å². The molecule has 1 unspecified atom stereocenters. The van der Waals surface area contributed by atoms with Crippen molar-refractivity contribution in [1.82, 2.24) is 5.32 Å². The Morgan fingerprint density at radius 3 is 2.79 bits per heavy atom. The van der Waals surface area contributed by atoms with E-state index in [1.54, 1.807) is 0 Å². The molecule has 0 aromatic heterocycles. The Morgan fingerprint density at radius 2 is 2.21 bits per heavy atom. The van der Waals surface area contributed by atoms with Gasteiger partial charge in [0.1, 0.15) is 0 Å². The van der Waals surface area contributed by atoms with E-state index in [9.17, 15) is 0 Å². The molecule has 0 fully saturated rings. The SMILES string of the molecule is CCSCCC(CN)NC1CC=CC1. The lowest BCUT2D eigenvalue weighted by molar-refractivity contribution is 0.434. The number of nitrogens with one attached hydrogen (secondary N) is 1. The largest absolute Gasteiger partial charge is 0.329 e. The molecule has 3 N–H and O–H groups in total. The molecule has 0 spiro atoms. The summed E-state index contributed by atoms with van der Waals surface area (Å²) in [6.07, 6.45) is 8.07. The lowest BCUT2D eigenvalue weighted by Gasteiger charge is -2.21. The normalized spacial score (nSPS) is 19.0. The minimum Gasteiger partial charge on any atom is -0.329 e. The van der Waals surface area contributed by atoms with Crippen LogP contribution in [0.4, 0.5) is 0 Å². The minimum atomic E-state index is 0.513. The van der Waals surface area contributed by atoms with E-state index < -0.39 is 0 Å². The van der Waals surface area contributed by atoms with Crippen molar-refractivity contribution in [2.45, 2.75) is 38.3 Å². The first-order chi connectivity index (χ1) is 6.86. The standard InChI is InChI=1S/C11H22N2S/c1-2-14-8-7-11(9-12)13-10-5-3-4-6-10/h3-4,10-11,13H,2,5-9,12H2,1H3. The fourth-order valence-electron chi connectivity index (χ4n) is 1.73. The average molecular weight is 214 g/mol. The minimum absolute atomic E-state index is 0.513. The highest BCUT2D eigenvalue weighted by Crippen LogP contribution is 2.11. The lowest BCUT2D eigenvalue weighted by Crippen LogP contribution is -2.42. The van der Waals surface area contributed by atoms with E-state index in [1.165, 1.54) is 30.8 Å². The van der Waals surface area contributed by atoms with Gasteiger partial charge in [0, 0.05) is 18.6 Å². The molecular weight excluding hydrogens is 192 g/mol. The van der Waals surface area contributed by atoms with E-state index in [4.69, 9.17) is 5.73 Å². The molecule has 0 aromatic rings. The fourth-order valence-corrected chi connectivity index (χ4v) is 2.47. The first-order valence-corrected chi connectivity index (χ1v) is 6.71. The van der Waals surface area contributed by atoms with E-state index in [0.29, 0.717) is 12.1 Å². The monoisotopic (exact) mass is 214 g/mol. The predicted octanol–water partition coefficient (Wildman–Crippen LogP) is 1.77. The van der Waals surface area contributed by atoms with Crippen molar-refractivity contribution in [2.75, 3.05) is 18.1 Å². The van der Waals surface area contributed by atoms with Crippen LogP contribution in [0.3, 0.4) is 0 Å². The Balaban J connectivity index is 2.10. The van der Waals surface area contributed by atoms with Crippen molar-refractivity contribution in [2.24, 2.45) is 5.73 Å². The summed E-state index contributed by atoms with van der Waals surface area (Å²) in [6, 6.07) is 1.16. The molecule has 0 radical (unpaired) electrons. The summed E-state index contributed by atoms with van der Waals surface area (Å²) in [5.74, 6) is 2.44. The molecular formula is C11H22N2S. The number of nitrogens with two attached hydrogens (primary N) is 1. The molecule has 1 aliphatic rings. The third kappa shape index (κ3) is 4.49. The van der Waals surface area contributed by atoms with Crippen LogP contribution >= 0.6 is 11.8 Å². The van der Waals surface area contributed by atoms with Gasteiger partial charge in [0.05, 0.1) is 0 Å². The van der Waals surface area contributed by atoms with Crippen molar-refractivity contribution >= 4 is 11.8 Å². The highest BCUT2D eigenvalue weighted by molar-refractivity contribution is 7.99. The lowest BCUT2D eigenvalue weighted by atomic mass is 10.1. The summed E-state index contributed by atoms with van der Waals surface area (Å²) in [4.78, 5) is 0. The van der Waals surface area contributed by atoms with Gasteiger partial charge in [0.2, 0.25) is 0 Å². The quantitative estimate of drug-likeness (QED) is 0.501. The Bertz CT molecular complexity index is 163. The van der Waals surface area contributed by atoms with E-state index in [-0.39, 0.29) is 0 Å². The molecule has 0 saturated carbocycles. The van der Waals surface area contributed by atoms with E-state index in [1.807, 2.05) is 11.8 Å². The van der Waals surface area contributed by atoms with Crippen LogP contribution < -0.4 is 11.1 Å².